The number of aliphatic hydroxyl groups excluding tert-OH is 1. The average Bonchev–Trinajstić information content (AvgIpc) is 2.58. The number of aryl methyl sites for hydroxylation is 1. The predicted molar refractivity (Wildman–Crippen MR) is 104 cm³/mol. The molecule has 4 nitrogen and oxygen atoms in total. The van der Waals surface area contributed by atoms with Gasteiger partial charge in [-0.2, -0.15) is 0 Å². The summed E-state index contributed by atoms with van der Waals surface area (Å²) >= 11 is 11.1. The number of aromatic nitrogens is 2. The van der Waals surface area contributed by atoms with Gasteiger partial charge in [0.15, 0.2) is 5.16 Å². The van der Waals surface area contributed by atoms with Crippen molar-refractivity contribution in [2.45, 2.75) is 43.6 Å². The molecule has 1 heterocycles. The van der Waals surface area contributed by atoms with Gasteiger partial charge in [-0.3, -0.25) is 0 Å². The van der Waals surface area contributed by atoms with E-state index in [2.05, 4.69) is 38.9 Å². The summed E-state index contributed by atoms with van der Waals surface area (Å²) in [6.45, 7) is 1.80. The van der Waals surface area contributed by atoms with Crippen molar-refractivity contribution >= 4 is 39.3 Å². The summed E-state index contributed by atoms with van der Waals surface area (Å²) in [5, 5.41) is 22.1. The molecule has 25 heavy (non-hydrogen) atoms. The Hall–Kier alpha value is -0.660. The van der Waals surface area contributed by atoms with Gasteiger partial charge < -0.3 is 10.2 Å². The molecule has 2 N–H and O–H groups in total. The van der Waals surface area contributed by atoms with E-state index in [1.807, 2.05) is 18.4 Å². The van der Waals surface area contributed by atoms with E-state index in [-0.39, 0.29) is 17.7 Å². The molecular formula is C18H20BrClN2O2S. The minimum absolute atomic E-state index is 0.0623. The van der Waals surface area contributed by atoms with Crippen LogP contribution in [0.25, 0.3) is 0 Å². The number of fused-ring (bicyclic) bond motifs is 1. The van der Waals surface area contributed by atoms with E-state index in [9.17, 15) is 10.2 Å². The van der Waals surface area contributed by atoms with Crippen molar-refractivity contribution in [2.75, 3.05) is 6.26 Å². The zero-order valence-electron chi connectivity index (χ0n) is 14.1. The molecule has 2 atom stereocenters. The third-order valence-electron chi connectivity index (χ3n) is 5.00. The second kappa shape index (κ2) is 7.53. The van der Waals surface area contributed by atoms with Gasteiger partial charge in [-0.25, -0.2) is 9.97 Å². The van der Waals surface area contributed by atoms with Crippen molar-refractivity contribution in [1.82, 2.24) is 9.97 Å². The van der Waals surface area contributed by atoms with E-state index >= 15 is 0 Å². The molecule has 134 valence electrons. The number of hydrogen-bond acceptors (Lipinski definition) is 5. The molecule has 0 saturated heterocycles. The fourth-order valence-electron chi connectivity index (χ4n) is 3.44. The Morgan fingerprint density at radius 3 is 2.84 bits per heavy atom. The number of rotatable bonds is 4. The highest BCUT2D eigenvalue weighted by Crippen LogP contribution is 2.43. The third kappa shape index (κ3) is 3.60. The molecule has 2 aromatic rings. The molecule has 0 bridgehead atoms. The standard InChI is InChI=1S/C18H20BrClN2O2S/c1-10-3-4-11-5-6-12(19)7-14(11)18(10,24)8-15-13(9-23)16(20)22-17(21-15)25-2/h5-7,10,23-24H,3-4,8-9H2,1-2H3. The van der Waals surface area contributed by atoms with Gasteiger partial charge in [0.2, 0.25) is 0 Å². The predicted octanol–water partition coefficient (Wildman–Crippen LogP) is 4.12. The first-order valence-electron chi connectivity index (χ1n) is 8.10. The maximum absolute atomic E-state index is 11.6. The van der Waals surface area contributed by atoms with Crippen LogP contribution in [0.1, 0.15) is 35.7 Å². The summed E-state index contributed by atoms with van der Waals surface area (Å²) in [6, 6.07) is 6.05. The number of halogens is 2. The topological polar surface area (TPSA) is 66.2 Å². The summed E-state index contributed by atoms with van der Waals surface area (Å²) in [4.78, 5) is 8.71. The van der Waals surface area contributed by atoms with Crippen LogP contribution in [-0.4, -0.2) is 26.4 Å². The Balaban J connectivity index is 2.11. The van der Waals surface area contributed by atoms with Crippen molar-refractivity contribution in [3.8, 4) is 0 Å². The van der Waals surface area contributed by atoms with E-state index in [0.29, 0.717) is 22.8 Å². The van der Waals surface area contributed by atoms with Crippen LogP contribution in [0.5, 0.6) is 0 Å². The second-order valence-electron chi connectivity index (χ2n) is 6.43. The van der Waals surface area contributed by atoms with Crippen molar-refractivity contribution in [2.24, 2.45) is 5.92 Å². The number of nitrogens with zero attached hydrogens (tertiary/aromatic N) is 2. The lowest BCUT2D eigenvalue weighted by Gasteiger charge is -2.40. The molecule has 0 spiro atoms. The summed E-state index contributed by atoms with van der Waals surface area (Å²) in [7, 11) is 0. The fourth-order valence-corrected chi connectivity index (χ4v) is 4.49. The van der Waals surface area contributed by atoms with Gasteiger partial charge in [0, 0.05) is 16.5 Å². The van der Waals surface area contributed by atoms with Gasteiger partial charge in [0.05, 0.1) is 17.9 Å². The van der Waals surface area contributed by atoms with Crippen LogP contribution in [0.3, 0.4) is 0 Å². The Morgan fingerprint density at radius 2 is 2.16 bits per heavy atom. The molecule has 1 aromatic carbocycles. The van der Waals surface area contributed by atoms with Crippen molar-refractivity contribution in [3.63, 3.8) is 0 Å². The lowest BCUT2D eigenvalue weighted by Crippen LogP contribution is -2.40. The monoisotopic (exact) mass is 442 g/mol. The van der Waals surface area contributed by atoms with Crippen LogP contribution >= 0.6 is 39.3 Å². The Morgan fingerprint density at radius 1 is 1.40 bits per heavy atom. The fraction of sp³-hybridized carbons (Fsp3) is 0.444. The summed E-state index contributed by atoms with van der Waals surface area (Å²) in [5.74, 6) is 0.0623. The van der Waals surface area contributed by atoms with E-state index < -0.39 is 5.60 Å². The Labute approximate surface area is 165 Å². The SMILES string of the molecule is CSc1nc(Cl)c(CO)c(CC2(O)c3cc(Br)ccc3CCC2C)n1. The average molecular weight is 444 g/mol. The normalized spacial score (nSPS) is 22.7. The molecule has 0 saturated carbocycles. The van der Waals surface area contributed by atoms with Crippen LogP contribution < -0.4 is 0 Å². The van der Waals surface area contributed by atoms with Gasteiger partial charge in [0.1, 0.15) is 5.15 Å². The number of benzene rings is 1. The first-order valence-corrected chi connectivity index (χ1v) is 10.5. The molecule has 1 aromatic heterocycles. The molecular weight excluding hydrogens is 424 g/mol. The highest BCUT2D eigenvalue weighted by atomic mass is 79.9. The van der Waals surface area contributed by atoms with Crippen LogP contribution in [0.4, 0.5) is 0 Å². The largest absolute Gasteiger partial charge is 0.391 e. The molecule has 1 aliphatic rings. The van der Waals surface area contributed by atoms with Crippen LogP contribution in [-0.2, 0) is 25.0 Å². The molecule has 0 aliphatic heterocycles. The van der Waals surface area contributed by atoms with E-state index in [0.717, 1.165) is 28.4 Å². The molecule has 1 aliphatic carbocycles. The lowest BCUT2D eigenvalue weighted by molar-refractivity contribution is -0.0288. The van der Waals surface area contributed by atoms with Gasteiger partial charge in [0.25, 0.3) is 0 Å². The van der Waals surface area contributed by atoms with E-state index in [1.165, 1.54) is 11.8 Å². The van der Waals surface area contributed by atoms with E-state index in [4.69, 9.17) is 11.6 Å². The van der Waals surface area contributed by atoms with Crippen LogP contribution in [0.15, 0.2) is 27.8 Å². The van der Waals surface area contributed by atoms with Gasteiger partial charge in [-0.15, -0.1) is 0 Å². The Kier molecular flexibility index (Phi) is 5.75. The second-order valence-corrected chi connectivity index (χ2v) is 8.47. The minimum atomic E-state index is -1.06. The number of hydrogen-bond donors (Lipinski definition) is 2. The lowest BCUT2D eigenvalue weighted by atomic mass is 9.70. The minimum Gasteiger partial charge on any atom is -0.391 e. The number of aliphatic hydroxyl groups is 2. The highest BCUT2D eigenvalue weighted by molar-refractivity contribution is 9.10. The maximum atomic E-state index is 11.6. The molecule has 0 fully saturated rings. The molecule has 0 radical (unpaired) electrons. The molecule has 2 unspecified atom stereocenters. The smallest absolute Gasteiger partial charge is 0.188 e. The quantitative estimate of drug-likeness (QED) is 0.423. The van der Waals surface area contributed by atoms with Crippen molar-refractivity contribution < 1.29 is 10.2 Å². The van der Waals surface area contributed by atoms with Crippen LogP contribution in [0.2, 0.25) is 5.15 Å². The summed E-state index contributed by atoms with van der Waals surface area (Å²) < 4.78 is 0.937. The zero-order valence-corrected chi connectivity index (χ0v) is 17.2. The first kappa shape index (κ1) is 19.1. The van der Waals surface area contributed by atoms with Gasteiger partial charge >= 0.3 is 0 Å². The van der Waals surface area contributed by atoms with Gasteiger partial charge in [-0.05, 0) is 48.3 Å². The third-order valence-corrected chi connectivity index (χ3v) is 6.35. The van der Waals surface area contributed by atoms with Crippen molar-refractivity contribution in [3.05, 3.63) is 50.2 Å². The van der Waals surface area contributed by atoms with Crippen LogP contribution in [0, 0.1) is 5.92 Å². The summed E-state index contributed by atoms with van der Waals surface area (Å²) in [5.41, 5.74) is 2.11. The zero-order chi connectivity index (χ0) is 18.2. The molecule has 0 amide bonds. The van der Waals surface area contributed by atoms with Gasteiger partial charge in [-0.1, -0.05) is 52.3 Å². The summed E-state index contributed by atoms with van der Waals surface area (Å²) in [6.07, 6.45) is 4.01. The van der Waals surface area contributed by atoms with Crippen molar-refractivity contribution in [1.29, 1.82) is 0 Å². The number of thioether (sulfide) groups is 1. The Bertz CT molecular complexity index is 805. The first-order chi connectivity index (χ1) is 11.9. The molecule has 3 rings (SSSR count). The highest BCUT2D eigenvalue weighted by Gasteiger charge is 2.41. The maximum Gasteiger partial charge on any atom is 0.188 e. The molecule has 7 heteroatoms. The van der Waals surface area contributed by atoms with E-state index in [1.54, 1.807) is 0 Å².